The van der Waals surface area contributed by atoms with E-state index in [1.165, 1.54) is 4.90 Å². The molecule has 1 heterocycles. The van der Waals surface area contributed by atoms with E-state index in [0.29, 0.717) is 5.69 Å². The lowest BCUT2D eigenvalue weighted by molar-refractivity contribution is -0.133. The molecule has 30 heavy (non-hydrogen) atoms. The highest BCUT2D eigenvalue weighted by Crippen LogP contribution is 2.31. The van der Waals surface area contributed by atoms with Gasteiger partial charge in [0.05, 0.1) is 12.8 Å². The lowest BCUT2D eigenvalue weighted by Crippen LogP contribution is -2.70. The number of benzene rings is 2. The molecule has 160 valence electrons. The topological polar surface area (TPSA) is 86.8 Å². The largest absolute Gasteiger partial charge is 0.350 e. The SMILES string of the molecule is CCc1cccc(N2C(=O)CN(S(C)(=O)=O)CC2(C)C(=O)NCc2ccccc2)c1. The van der Waals surface area contributed by atoms with E-state index in [0.717, 1.165) is 28.1 Å². The van der Waals surface area contributed by atoms with Crippen LogP contribution in [0.1, 0.15) is 25.0 Å². The van der Waals surface area contributed by atoms with Crippen molar-refractivity contribution in [2.45, 2.75) is 32.4 Å². The van der Waals surface area contributed by atoms with Crippen molar-refractivity contribution in [2.24, 2.45) is 0 Å². The first-order valence-corrected chi connectivity index (χ1v) is 11.7. The van der Waals surface area contributed by atoms with Crippen molar-refractivity contribution in [1.82, 2.24) is 9.62 Å². The summed E-state index contributed by atoms with van der Waals surface area (Å²) in [5, 5.41) is 2.88. The second-order valence-corrected chi connectivity index (χ2v) is 9.71. The number of piperazine rings is 1. The molecule has 0 spiro atoms. The summed E-state index contributed by atoms with van der Waals surface area (Å²) in [5.41, 5.74) is 1.14. The Bertz CT molecular complexity index is 1040. The van der Waals surface area contributed by atoms with Crippen molar-refractivity contribution < 1.29 is 18.0 Å². The monoisotopic (exact) mass is 429 g/mol. The first-order valence-electron chi connectivity index (χ1n) is 9.84. The summed E-state index contributed by atoms with van der Waals surface area (Å²) >= 11 is 0. The van der Waals surface area contributed by atoms with Crippen molar-refractivity contribution in [3.05, 3.63) is 65.7 Å². The van der Waals surface area contributed by atoms with Gasteiger partial charge in [0.15, 0.2) is 0 Å². The minimum atomic E-state index is -3.64. The predicted octanol–water partition coefficient (Wildman–Crippen LogP) is 1.93. The summed E-state index contributed by atoms with van der Waals surface area (Å²) in [4.78, 5) is 27.8. The van der Waals surface area contributed by atoms with Gasteiger partial charge in [0.2, 0.25) is 21.8 Å². The van der Waals surface area contributed by atoms with Gasteiger partial charge in [-0.2, -0.15) is 4.31 Å². The average molecular weight is 430 g/mol. The molecule has 2 aromatic carbocycles. The Hall–Kier alpha value is -2.71. The first kappa shape index (κ1) is 22.0. The lowest BCUT2D eigenvalue weighted by atomic mass is 9.94. The molecule has 1 unspecified atom stereocenters. The van der Waals surface area contributed by atoms with Crippen LogP contribution in [0.5, 0.6) is 0 Å². The number of carbonyl (C=O) groups is 2. The van der Waals surface area contributed by atoms with E-state index >= 15 is 0 Å². The number of amides is 2. The molecule has 0 bridgehead atoms. The molecule has 0 radical (unpaired) electrons. The highest BCUT2D eigenvalue weighted by atomic mass is 32.2. The van der Waals surface area contributed by atoms with Gasteiger partial charge in [0, 0.05) is 18.8 Å². The van der Waals surface area contributed by atoms with Crippen molar-refractivity contribution in [2.75, 3.05) is 24.2 Å². The summed E-state index contributed by atoms with van der Waals surface area (Å²) < 4.78 is 25.4. The highest BCUT2D eigenvalue weighted by molar-refractivity contribution is 7.88. The van der Waals surface area contributed by atoms with Gasteiger partial charge in [0.25, 0.3) is 0 Å². The number of hydrogen-bond acceptors (Lipinski definition) is 4. The standard InChI is InChI=1S/C22H27N3O4S/c1-4-17-11-8-12-19(13-17)25-20(26)15-24(30(3,28)29)16-22(25,2)21(27)23-14-18-9-6-5-7-10-18/h5-13H,4,14-16H2,1-3H3,(H,23,27). The highest BCUT2D eigenvalue weighted by Gasteiger charge is 2.50. The molecule has 1 atom stereocenters. The maximum Gasteiger partial charge on any atom is 0.247 e. The number of carbonyl (C=O) groups excluding carboxylic acids is 2. The third-order valence-electron chi connectivity index (χ3n) is 5.37. The van der Waals surface area contributed by atoms with Crippen molar-refractivity contribution in [3.63, 3.8) is 0 Å². The van der Waals surface area contributed by atoms with E-state index in [1.54, 1.807) is 13.0 Å². The fourth-order valence-corrected chi connectivity index (χ4v) is 4.52. The smallest absolute Gasteiger partial charge is 0.247 e. The quantitative estimate of drug-likeness (QED) is 0.760. The van der Waals surface area contributed by atoms with E-state index < -0.39 is 27.4 Å². The van der Waals surface area contributed by atoms with Crippen molar-refractivity contribution in [1.29, 1.82) is 0 Å². The van der Waals surface area contributed by atoms with Crippen LogP contribution in [0.15, 0.2) is 54.6 Å². The van der Waals surface area contributed by atoms with Crippen LogP contribution >= 0.6 is 0 Å². The van der Waals surface area contributed by atoms with Crippen LogP contribution in [0.25, 0.3) is 0 Å². The molecule has 1 aliphatic rings. The summed E-state index contributed by atoms with van der Waals surface area (Å²) in [7, 11) is -3.64. The van der Waals surface area contributed by atoms with Gasteiger partial charge in [-0.15, -0.1) is 0 Å². The molecule has 2 amide bonds. The number of aryl methyl sites for hydroxylation is 1. The van der Waals surface area contributed by atoms with E-state index in [1.807, 2.05) is 55.5 Å². The minimum Gasteiger partial charge on any atom is -0.350 e. The van der Waals surface area contributed by atoms with Gasteiger partial charge in [-0.25, -0.2) is 8.42 Å². The van der Waals surface area contributed by atoms with Crippen LogP contribution in [0.2, 0.25) is 0 Å². The van der Waals surface area contributed by atoms with Gasteiger partial charge >= 0.3 is 0 Å². The molecule has 0 aromatic heterocycles. The van der Waals surface area contributed by atoms with Gasteiger partial charge in [-0.3, -0.25) is 14.5 Å². The molecular formula is C22H27N3O4S. The molecule has 1 saturated heterocycles. The van der Waals surface area contributed by atoms with Crippen LogP contribution in [-0.4, -0.2) is 49.4 Å². The van der Waals surface area contributed by atoms with Gasteiger partial charge in [-0.05, 0) is 36.6 Å². The van der Waals surface area contributed by atoms with Crippen LogP contribution < -0.4 is 10.2 Å². The molecule has 2 aromatic rings. The third-order valence-corrected chi connectivity index (χ3v) is 6.57. The summed E-state index contributed by atoms with van der Waals surface area (Å²) in [6.07, 6.45) is 1.83. The second-order valence-electron chi connectivity index (χ2n) is 7.73. The van der Waals surface area contributed by atoms with Crippen LogP contribution in [-0.2, 0) is 32.6 Å². The summed E-state index contributed by atoms with van der Waals surface area (Å²) in [6.45, 7) is 3.49. The van der Waals surface area contributed by atoms with Gasteiger partial charge < -0.3 is 5.32 Å². The summed E-state index contributed by atoms with van der Waals surface area (Å²) in [5.74, 6) is -0.841. The molecular weight excluding hydrogens is 402 g/mol. The van der Waals surface area contributed by atoms with Crippen LogP contribution in [0.3, 0.4) is 0 Å². The van der Waals surface area contributed by atoms with Crippen molar-refractivity contribution >= 4 is 27.5 Å². The number of anilines is 1. The molecule has 0 saturated carbocycles. The number of sulfonamides is 1. The zero-order valence-electron chi connectivity index (χ0n) is 17.5. The Morgan fingerprint density at radius 1 is 1.10 bits per heavy atom. The van der Waals surface area contributed by atoms with Gasteiger partial charge in [0.1, 0.15) is 5.54 Å². The number of nitrogens with zero attached hydrogens (tertiary/aromatic N) is 2. The first-order chi connectivity index (χ1) is 14.1. The molecule has 7 nitrogen and oxygen atoms in total. The van der Waals surface area contributed by atoms with E-state index in [-0.39, 0.29) is 19.6 Å². The third kappa shape index (κ3) is 4.55. The van der Waals surface area contributed by atoms with E-state index in [9.17, 15) is 18.0 Å². The number of rotatable bonds is 6. The van der Waals surface area contributed by atoms with Gasteiger partial charge in [-0.1, -0.05) is 49.4 Å². The number of nitrogens with one attached hydrogen (secondary N) is 1. The van der Waals surface area contributed by atoms with Crippen LogP contribution in [0.4, 0.5) is 5.69 Å². The van der Waals surface area contributed by atoms with E-state index in [2.05, 4.69) is 5.32 Å². The molecule has 1 N–H and O–H groups in total. The number of hydrogen-bond donors (Lipinski definition) is 1. The molecule has 0 aliphatic carbocycles. The fraction of sp³-hybridized carbons (Fsp3) is 0.364. The Morgan fingerprint density at radius 3 is 2.40 bits per heavy atom. The van der Waals surface area contributed by atoms with Crippen molar-refractivity contribution in [3.8, 4) is 0 Å². The minimum absolute atomic E-state index is 0.117. The van der Waals surface area contributed by atoms with E-state index in [4.69, 9.17) is 0 Å². The Labute approximate surface area is 177 Å². The second kappa shape index (κ2) is 8.57. The zero-order chi connectivity index (χ0) is 21.9. The normalized spacial score (nSPS) is 20.2. The Balaban J connectivity index is 1.97. The van der Waals surface area contributed by atoms with Crippen LogP contribution in [0, 0.1) is 0 Å². The fourth-order valence-electron chi connectivity index (χ4n) is 3.69. The predicted molar refractivity (Wildman–Crippen MR) is 116 cm³/mol. The maximum atomic E-state index is 13.3. The molecule has 8 heteroatoms. The Kier molecular flexibility index (Phi) is 6.28. The molecule has 3 rings (SSSR count). The molecule has 1 aliphatic heterocycles. The summed E-state index contributed by atoms with van der Waals surface area (Å²) in [6, 6.07) is 16.9. The molecule has 1 fully saturated rings. The zero-order valence-corrected chi connectivity index (χ0v) is 18.3. The maximum absolute atomic E-state index is 13.3. The Morgan fingerprint density at radius 2 is 1.77 bits per heavy atom. The average Bonchev–Trinajstić information content (AvgIpc) is 2.71. The lowest BCUT2D eigenvalue weighted by Gasteiger charge is -2.46.